The number of para-hydroxylation sites is 1. The number of amides is 1. The van der Waals surface area contributed by atoms with Crippen LogP contribution in [0.5, 0.6) is 0 Å². The SMILES string of the molecule is Cn1c(SCC(=O)N[C@@H]2CCc3ccccc32)nc2ccccc2c1=O. The Morgan fingerprint density at radius 2 is 2.00 bits per heavy atom. The lowest BCUT2D eigenvalue weighted by Crippen LogP contribution is -2.29. The zero-order valence-electron chi connectivity index (χ0n) is 14.4. The van der Waals surface area contributed by atoms with E-state index >= 15 is 0 Å². The summed E-state index contributed by atoms with van der Waals surface area (Å²) in [5.74, 6) is 0.191. The van der Waals surface area contributed by atoms with E-state index in [4.69, 9.17) is 0 Å². The molecule has 1 aromatic heterocycles. The summed E-state index contributed by atoms with van der Waals surface area (Å²) in [6, 6.07) is 15.6. The van der Waals surface area contributed by atoms with Crippen molar-refractivity contribution >= 4 is 28.6 Å². The zero-order chi connectivity index (χ0) is 18.1. The molecule has 0 fully saturated rings. The van der Waals surface area contributed by atoms with Crippen LogP contribution in [0.3, 0.4) is 0 Å². The highest BCUT2D eigenvalue weighted by Crippen LogP contribution is 2.30. The number of aromatic nitrogens is 2. The molecule has 1 atom stereocenters. The van der Waals surface area contributed by atoms with Gasteiger partial charge in [-0.05, 0) is 36.1 Å². The first kappa shape index (κ1) is 16.8. The lowest BCUT2D eigenvalue weighted by Gasteiger charge is -2.14. The summed E-state index contributed by atoms with van der Waals surface area (Å²) in [5, 5.41) is 4.24. The first-order valence-corrected chi connectivity index (χ1v) is 9.58. The third-order valence-corrected chi connectivity index (χ3v) is 5.77. The molecule has 6 heteroatoms. The van der Waals surface area contributed by atoms with E-state index in [0.717, 1.165) is 12.8 Å². The minimum absolute atomic E-state index is 0.0425. The fourth-order valence-electron chi connectivity index (χ4n) is 3.40. The van der Waals surface area contributed by atoms with Gasteiger partial charge < -0.3 is 5.32 Å². The Hall–Kier alpha value is -2.60. The second kappa shape index (κ2) is 6.96. The maximum Gasteiger partial charge on any atom is 0.261 e. The van der Waals surface area contributed by atoms with Crippen LogP contribution >= 0.6 is 11.8 Å². The Balaban J connectivity index is 1.46. The maximum absolute atomic E-state index is 12.4. The molecular formula is C20H19N3O2S. The predicted octanol–water partition coefficient (Wildman–Crippen LogP) is 2.83. The van der Waals surface area contributed by atoms with Crippen molar-refractivity contribution in [2.75, 3.05) is 5.75 Å². The van der Waals surface area contributed by atoms with Crippen molar-refractivity contribution in [2.24, 2.45) is 7.05 Å². The zero-order valence-corrected chi connectivity index (χ0v) is 15.3. The van der Waals surface area contributed by atoms with Gasteiger partial charge in [0.1, 0.15) is 0 Å². The van der Waals surface area contributed by atoms with Crippen molar-refractivity contribution < 1.29 is 4.79 Å². The van der Waals surface area contributed by atoms with Gasteiger partial charge in [-0.15, -0.1) is 0 Å². The minimum Gasteiger partial charge on any atom is -0.349 e. The molecule has 2 aromatic carbocycles. The van der Waals surface area contributed by atoms with Crippen molar-refractivity contribution in [1.29, 1.82) is 0 Å². The molecule has 26 heavy (non-hydrogen) atoms. The maximum atomic E-state index is 12.4. The molecule has 1 aliphatic carbocycles. The number of benzene rings is 2. The number of thioether (sulfide) groups is 1. The molecule has 1 amide bonds. The number of fused-ring (bicyclic) bond motifs is 2. The second-order valence-electron chi connectivity index (χ2n) is 6.42. The minimum atomic E-state index is -0.0942. The molecule has 4 rings (SSSR count). The van der Waals surface area contributed by atoms with Crippen molar-refractivity contribution in [1.82, 2.24) is 14.9 Å². The van der Waals surface area contributed by atoms with Crippen LogP contribution in [0, 0.1) is 0 Å². The van der Waals surface area contributed by atoms with Gasteiger partial charge in [-0.25, -0.2) is 4.98 Å². The highest BCUT2D eigenvalue weighted by atomic mass is 32.2. The van der Waals surface area contributed by atoms with Gasteiger partial charge in [-0.1, -0.05) is 48.2 Å². The molecule has 132 valence electrons. The van der Waals surface area contributed by atoms with Gasteiger partial charge in [0, 0.05) is 7.05 Å². The van der Waals surface area contributed by atoms with Crippen molar-refractivity contribution in [3.63, 3.8) is 0 Å². The average molecular weight is 365 g/mol. The summed E-state index contributed by atoms with van der Waals surface area (Å²) in [4.78, 5) is 29.3. The molecule has 0 saturated carbocycles. The monoisotopic (exact) mass is 365 g/mol. The van der Waals surface area contributed by atoms with Gasteiger partial charge in [-0.3, -0.25) is 14.2 Å². The summed E-state index contributed by atoms with van der Waals surface area (Å²) in [7, 11) is 1.69. The fraction of sp³-hybridized carbons (Fsp3) is 0.250. The molecule has 1 aliphatic rings. The summed E-state index contributed by atoms with van der Waals surface area (Å²) in [6.45, 7) is 0. The molecule has 1 N–H and O–H groups in total. The van der Waals surface area contributed by atoms with Crippen LogP contribution in [0.25, 0.3) is 10.9 Å². The van der Waals surface area contributed by atoms with E-state index in [1.54, 1.807) is 13.1 Å². The number of aryl methyl sites for hydroxylation is 1. The number of hydrogen-bond acceptors (Lipinski definition) is 4. The van der Waals surface area contributed by atoms with Crippen LogP contribution in [0.2, 0.25) is 0 Å². The van der Waals surface area contributed by atoms with Crippen LogP contribution in [-0.2, 0) is 18.3 Å². The van der Waals surface area contributed by atoms with Gasteiger partial charge >= 0.3 is 0 Å². The van der Waals surface area contributed by atoms with Gasteiger partial charge in [0.25, 0.3) is 5.56 Å². The average Bonchev–Trinajstić information content (AvgIpc) is 3.06. The number of rotatable bonds is 4. The molecule has 0 saturated heterocycles. The van der Waals surface area contributed by atoms with Crippen molar-refractivity contribution in [2.45, 2.75) is 24.0 Å². The van der Waals surface area contributed by atoms with Crippen LogP contribution < -0.4 is 10.9 Å². The second-order valence-corrected chi connectivity index (χ2v) is 7.36. The van der Waals surface area contributed by atoms with Gasteiger partial charge in [-0.2, -0.15) is 0 Å². The Morgan fingerprint density at radius 3 is 2.88 bits per heavy atom. The lowest BCUT2D eigenvalue weighted by molar-refractivity contribution is -0.119. The smallest absolute Gasteiger partial charge is 0.261 e. The van der Waals surface area contributed by atoms with E-state index in [2.05, 4.69) is 22.4 Å². The summed E-state index contributed by atoms with van der Waals surface area (Å²) >= 11 is 1.29. The lowest BCUT2D eigenvalue weighted by atomic mass is 10.1. The Kier molecular flexibility index (Phi) is 4.51. The van der Waals surface area contributed by atoms with Crippen LogP contribution in [-0.4, -0.2) is 21.2 Å². The molecule has 0 unspecified atom stereocenters. The molecule has 1 heterocycles. The van der Waals surface area contributed by atoms with Gasteiger partial charge in [0.2, 0.25) is 5.91 Å². The number of carbonyl (C=O) groups is 1. The van der Waals surface area contributed by atoms with Crippen LogP contribution in [0.1, 0.15) is 23.6 Å². The molecular weight excluding hydrogens is 346 g/mol. The largest absolute Gasteiger partial charge is 0.349 e. The third kappa shape index (κ3) is 3.12. The molecule has 0 spiro atoms. The number of hydrogen-bond donors (Lipinski definition) is 1. The first-order valence-electron chi connectivity index (χ1n) is 8.59. The Morgan fingerprint density at radius 1 is 1.23 bits per heavy atom. The molecule has 0 radical (unpaired) electrons. The first-order chi connectivity index (χ1) is 12.6. The van der Waals surface area contributed by atoms with Crippen molar-refractivity contribution in [3.8, 4) is 0 Å². The van der Waals surface area contributed by atoms with E-state index in [0.29, 0.717) is 16.1 Å². The van der Waals surface area contributed by atoms with E-state index in [1.165, 1.54) is 27.5 Å². The Bertz CT molecular complexity index is 1040. The van der Waals surface area contributed by atoms with Gasteiger partial charge in [0.15, 0.2) is 5.16 Å². The predicted molar refractivity (Wildman–Crippen MR) is 103 cm³/mol. The molecule has 3 aromatic rings. The third-order valence-electron chi connectivity index (χ3n) is 4.74. The molecule has 5 nitrogen and oxygen atoms in total. The molecule has 0 aliphatic heterocycles. The normalized spacial score (nSPS) is 15.8. The number of nitrogens with one attached hydrogen (secondary N) is 1. The summed E-state index contributed by atoms with van der Waals surface area (Å²) < 4.78 is 1.51. The fourth-order valence-corrected chi connectivity index (χ4v) is 4.18. The quantitative estimate of drug-likeness (QED) is 0.570. The highest BCUT2D eigenvalue weighted by molar-refractivity contribution is 7.99. The summed E-state index contributed by atoms with van der Waals surface area (Å²) in [5.41, 5.74) is 3.08. The van der Waals surface area contributed by atoms with E-state index in [9.17, 15) is 9.59 Å². The number of carbonyl (C=O) groups excluding carboxylic acids is 1. The van der Waals surface area contributed by atoms with Crippen molar-refractivity contribution in [3.05, 3.63) is 70.0 Å². The molecule has 0 bridgehead atoms. The standard InChI is InChI=1S/C20H19N3O2S/c1-23-19(25)15-8-4-5-9-16(15)22-20(23)26-12-18(24)21-17-11-10-13-6-2-3-7-14(13)17/h2-9,17H,10-12H2,1H3,(H,21,24)/t17-/m1/s1. The van der Waals surface area contributed by atoms with Gasteiger partial charge in [0.05, 0.1) is 22.7 Å². The van der Waals surface area contributed by atoms with Crippen LogP contribution in [0.15, 0.2) is 58.5 Å². The number of nitrogens with zero attached hydrogens (tertiary/aromatic N) is 2. The topological polar surface area (TPSA) is 64.0 Å². The van der Waals surface area contributed by atoms with E-state index in [1.807, 2.05) is 30.3 Å². The Labute approximate surface area is 155 Å². The summed E-state index contributed by atoms with van der Waals surface area (Å²) in [6.07, 6.45) is 1.93. The van der Waals surface area contributed by atoms with E-state index in [-0.39, 0.29) is 23.3 Å². The highest BCUT2D eigenvalue weighted by Gasteiger charge is 2.23. The van der Waals surface area contributed by atoms with Crippen LogP contribution in [0.4, 0.5) is 0 Å². The van der Waals surface area contributed by atoms with E-state index < -0.39 is 0 Å².